The second-order valence-electron chi connectivity index (χ2n) is 6.46. The highest BCUT2D eigenvalue weighted by atomic mass is 32.1. The molecule has 0 fully saturated rings. The van der Waals surface area contributed by atoms with Gasteiger partial charge < -0.3 is 9.84 Å². The van der Waals surface area contributed by atoms with E-state index in [1.807, 2.05) is 55.5 Å². The van der Waals surface area contributed by atoms with Gasteiger partial charge in [-0.3, -0.25) is 4.79 Å². The van der Waals surface area contributed by atoms with Crippen molar-refractivity contribution in [3.05, 3.63) is 59.0 Å². The van der Waals surface area contributed by atoms with Gasteiger partial charge in [0.2, 0.25) is 0 Å². The molecule has 1 aromatic heterocycles. The quantitative estimate of drug-likeness (QED) is 0.517. The van der Waals surface area contributed by atoms with Crippen LogP contribution in [0.3, 0.4) is 0 Å². The Balaban J connectivity index is 1.95. The number of rotatable bonds is 8. The minimum absolute atomic E-state index is 0.0342. The first kappa shape index (κ1) is 19.1. The number of benzene rings is 2. The number of aliphatic carboxylic acids is 1. The topological polar surface area (TPSA) is 59.4 Å². The van der Waals surface area contributed by atoms with E-state index in [1.54, 1.807) is 0 Å². The summed E-state index contributed by atoms with van der Waals surface area (Å²) in [4.78, 5) is 16.8. The van der Waals surface area contributed by atoms with E-state index >= 15 is 0 Å². The highest BCUT2D eigenvalue weighted by Crippen LogP contribution is 2.35. The van der Waals surface area contributed by atoms with Crippen molar-refractivity contribution in [3.8, 4) is 27.6 Å². The van der Waals surface area contributed by atoms with Gasteiger partial charge >= 0.3 is 5.97 Å². The maximum absolute atomic E-state index is 11.3. The summed E-state index contributed by atoms with van der Waals surface area (Å²) in [6, 6.07) is 15.8. The number of aryl methyl sites for hydroxylation is 1. The summed E-state index contributed by atoms with van der Waals surface area (Å²) in [7, 11) is 0. The molecule has 2 aromatic carbocycles. The summed E-state index contributed by atoms with van der Waals surface area (Å²) in [5, 5.41) is 10.1. The molecule has 0 bridgehead atoms. The van der Waals surface area contributed by atoms with Gasteiger partial charge in [0.15, 0.2) is 0 Å². The molecule has 0 saturated carbocycles. The van der Waals surface area contributed by atoms with Crippen LogP contribution in [-0.2, 0) is 11.2 Å². The number of carbonyl (C=O) groups is 1. The zero-order valence-corrected chi connectivity index (χ0v) is 16.4. The molecule has 4 nitrogen and oxygen atoms in total. The van der Waals surface area contributed by atoms with Gasteiger partial charge in [-0.1, -0.05) is 55.3 Å². The lowest BCUT2D eigenvalue weighted by atomic mass is 10.1. The Labute approximate surface area is 163 Å². The van der Waals surface area contributed by atoms with E-state index in [-0.39, 0.29) is 6.42 Å². The van der Waals surface area contributed by atoms with E-state index in [0.29, 0.717) is 6.61 Å². The Kier molecular flexibility index (Phi) is 6.24. The van der Waals surface area contributed by atoms with Crippen LogP contribution in [0.2, 0.25) is 0 Å². The maximum Gasteiger partial charge on any atom is 0.308 e. The van der Waals surface area contributed by atoms with Crippen molar-refractivity contribution in [2.24, 2.45) is 0 Å². The van der Waals surface area contributed by atoms with Gasteiger partial charge in [0.05, 0.1) is 18.7 Å². The highest BCUT2D eigenvalue weighted by Gasteiger charge is 2.17. The molecule has 0 spiro atoms. The van der Waals surface area contributed by atoms with E-state index in [0.717, 1.165) is 50.9 Å². The van der Waals surface area contributed by atoms with Gasteiger partial charge in [-0.25, -0.2) is 4.98 Å². The van der Waals surface area contributed by atoms with Crippen molar-refractivity contribution >= 4 is 17.3 Å². The van der Waals surface area contributed by atoms with Crippen LogP contribution in [0.1, 0.15) is 30.2 Å². The van der Waals surface area contributed by atoms with Gasteiger partial charge in [-0.15, -0.1) is 11.3 Å². The van der Waals surface area contributed by atoms with E-state index in [9.17, 15) is 9.90 Å². The highest BCUT2D eigenvalue weighted by molar-refractivity contribution is 7.15. The molecule has 0 aliphatic heterocycles. The summed E-state index contributed by atoms with van der Waals surface area (Å²) >= 11 is 1.43. The van der Waals surface area contributed by atoms with Crippen LogP contribution < -0.4 is 4.74 Å². The Morgan fingerprint density at radius 1 is 1.15 bits per heavy atom. The molecule has 0 aliphatic rings. The molecule has 0 saturated heterocycles. The zero-order chi connectivity index (χ0) is 19.2. The Morgan fingerprint density at radius 2 is 1.93 bits per heavy atom. The average Bonchev–Trinajstić information content (AvgIpc) is 3.06. The molecule has 0 unspecified atom stereocenters. The number of thiazole rings is 1. The normalized spacial score (nSPS) is 10.7. The van der Waals surface area contributed by atoms with Crippen molar-refractivity contribution < 1.29 is 14.6 Å². The fraction of sp³-hybridized carbons (Fsp3) is 0.273. The van der Waals surface area contributed by atoms with Crippen LogP contribution in [-0.4, -0.2) is 22.7 Å². The second-order valence-corrected chi connectivity index (χ2v) is 7.54. The molecule has 0 radical (unpaired) electrons. The molecule has 3 rings (SSSR count). The summed E-state index contributed by atoms with van der Waals surface area (Å²) in [5.41, 5.74) is 3.79. The third-order valence-electron chi connectivity index (χ3n) is 4.18. The van der Waals surface area contributed by atoms with Crippen molar-refractivity contribution in [1.29, 1.82) is 0 Å². The number of hydrogen-bond acceptors (Lipinski definition) is 4. The SMILES string of the molecule is CCCCOc1cccc(-c2nc(-c3ccc(C)cc3)c(CC(=O)O)s2)c1. The first-order valence-corrected chi connectivity index (χ1v) is 9.90. The summed E-state index contributed by atoms with van der Waals surface area (Å²) in [6.45, 7) is 4.85. The van der Waals surface area contributed by atoms with E-state index in [4.69, 9.17) is 9.72 Å². The summed E-state index contributed by atoms with van der Waals surface area (Å²) in [6.07, 6.45) is 2.07. The van der Waals surface area contributed by atoms with Crippen LogP contribution in [0, 0.1) is 6.92 Å². The maximum atomic E-state index is 11.3. The largest absolute Gasteiger partial charge is 0.494 e. The van der Waals surface area contributed by atoms with Gasteiger partial charge in [-0.2, -0.15) is 0 Å². The van der Waals surface area contributed by atoms with Gasteiger partial charge in [0.25, 0.3) is 0 Å². The third-order valence-corrected chi connectivity index (χ3v) is 5.29. The van der Waals surface area contributed by atoms with E-state index < -0.39 is 5.97 Å². The minimum atomic E-state index is -0.852. The van der Waals surface area contributed by atoms with Gasteiger partial charge in [0, 0.05) is 16.0 Å². The molecule has 3 aromatic rings. The number of unbranched alkanes of at least 4 members (excludes halogenated alkanes) is 1. The first-order valence-electron chi connectivity index (χ1n) is 9.08. The van der Waals surface area contributed by atoms with Crippen LogP contribution in [0.5, 0.6) is 5.75 Å². The molecule has 0 aliphatic carbocycles. The molecule has 1 heterocycles. The fourth-order valence-corrected chi connectivity index (χ4v) is 3.79. The monoisotopic (exact) mass is 381 g/mol. The molecule has 0 amide bonds. The van der Waals surface area contributed by atoms with Crippen molar-refractivity contribution in [2.75, 3.05) is 6.61 Å². The first-order chi connectivity index (χ1) is 13.1. The van der Waals surface area contributed by atoms with Crippen LogP contribution in [0.25, 0.3) is 21.8 Å². The molecule has 0 atom stereocenters. The number of carboxylic acid groups (broad SMARTS) is 1. The van der Waals surface area contributed by atoms with Crippen LogP contribution >= 0.6 is 11.3 Å². The van der Waals surface area contributed by atoms with Crippen molar-refractivity contribution in [2.45, 2.75) is 33.1 Å². The van der Waals surface area contributed by atoms with Gasteiger partial charge in [-0.05, 0) is 25.5 Å². The molecule has 1 N–H and O–H groups in total. The van der Waals surface area contributed by atoms with Crippen molar-refractivity contribution in [1.82, 2.24) is 4.98 Å². The minimum Gasteiger partial charge on any atom is -0.494 e. The molecule has 140 valence electrons. The Bertz CT molecular complexity index is 916. The predicted octanol–water partition coefficient (Wildman–Crippen LogP) is 5.59. The fourth-order valence-electron chi connectivity index (χ4n) is 2.72. The summed E-state index contributed by atoms with van der Waals surface area (Å²) < 4.78 is 5.79. The standard InChI is InChI=1S/C22H23NO3S/c1-3-4-12-26-18-7-5-6-17(13-18)22-23-21(19(27-22)14-20(24)25)16-10-8-15(2)9-11-16/h5-11,13H,3-4,12,14H2,1-2H3,(H,24,25). The number of carboxylic acids is 1. The lowest BCUT2D eigenvalue weighted by Crippen LogP contribution is -1.99. The Morgan fingerprint density at radius 3 is 2.63 bits per heavy atom. The lowest BCUT2D eigenvalue weighted by Gasteiger charge is -2.06. The molecular formula is C22H23NO3S. The predicted molar refractivity (Wildman–Crippen MR) is 109 cm³/mol. The lowest BCUT2D eigenvalue weighted by molar-refractivity contribution is -0.136. The van der Waals surface area contributed by atoms with Crippen LogP contribution in [0.4, 0.5) is 0 Å². The molecule has 5 heteroatoms. The smallest absolute Gasteiger partial charge is 0.308 e. The molecular weight excluding hydrogens is 358 g/mol. The van der Waals surface area contributed by atoms with E-state index in [1.165, 1.54) is 11.3 Å². The van der Waals surface area contributed by atoms with Crippen LogP contribution in [0.15, 0.2) is 48.5 Å². The number of nitrogens with zero attached hydrogens (tertiary/aromatic N) is 1. The second kappa shape index (κ2) is 8.82. The van der Waals surface area contributed by atoms with Crippen molar-refractivity contribution in [3.63, 3.8) is 0 Å². The third kappa shape index (κ3) is 4.95. The summed E-state index contributed by atoms with van der Waals surface area (Å²) in [5.74, 6) is -0.0389. The van der Waals surface area contributed by atoms with Gasteiger partial charge in [0.1, 0.15) is 10.8 Å². The zero-order valence-electron chi connectivity index (χ0n) is 15.6. The van der Waals surface area contributed by atoms with E-state index in [2.05, 4.69) is 6.92 Å². The average molecular weight is 381 g/mol. The number of hydrogen-bond donors (Lipinski definition) is 1. The molecule has 27 heavy (non-hydrogen) atoms. The Hall–Kier alpha value is -2.66. The number of ether oxygens (including phenoxy) is 1. The number of aromatic nitrogens is 1.